The van der Waals surface area contributed by atoms with E-state index in [0.29, 0.717) is 29.7 Å². The van der Waals surface area contributed by atoms with Gasteiger partial charge in [0.25, 0.3) is 0 Å². The molecule has 8 nitrogen and oxygen atoms in total. The zero-order valence-electron chi connectivity index (χ0n) is 19.3. The first-order valence-corrected chi connectivity index (χ1v) is 12.4. The van der Waals surface area contributed by atoms with Crippen LogP contribution in [0.2, 0.25) is 0 Å². The van der Waals surface area contributed by atoms with Crippen LogP contribution in [0.25, 0.3) is 0 Å². The predicted molar refractivity (Wildman–Crippen MR) is 124 cm³/mol. The smallest absolute Gasteiger partial charge is 0.335 e. The number of benzene rings is 2. The number of hydrogen-bond acceptors (Lipinski definition) is 5. The van der Waals surface area contributed by atoms with Gasteiger partial charge in [-0.2, -0.15) is 0 Å². The largest absolute Gasteiger partial charge is 0.491 e. The molecular weight excluding hydrogens is 444 g/mol. The van der Waals surface area contributed by atoms with Crippen LogP contribution in [-0.2, 0) is 14.8 Å². The Kier molecular flexibility index (Phi) is 7.44. The molecule has 0 unspecified atom stereocenters. The predicted octanol–water partition coefficient (Wildman–Crippen LogP) is 3.05. The zero-order valence-corrected chi connectivity index (χ0v) is 20.1. The lowest BCUT2D eigenvalue weighted by molar-refractivity contribution is -0.132. The molecule has 1 heterocycles. The molecule has 0 aromatic heterocycles. The summed E-state index contributed by atoms with van der Waals surface area (Å²) in [6.07, 6.45) is 0.724. The normalized spacial score (nSPS) is 18.4. The molecule has 178 valence electrons. The first-order chi connectivity index (χ1) is 15.5. The average molecular weight is 475 g/mol. The van der Waals surface area contributed by atoms with E-state index in [1.165, 1.54) is 12.1 Å². The lowest BCUT2D eigenvalue weighted by Gasteiger charge is -2.24. The van der Waals surface area contributed by atoms with Crippen molar-refractivity contribution in [3.63, 3.8) is 0 Å². The maximum atomic E-state index is 13.2. The van der Waals surface area contributed by atoms with Crippen LogP contribution in [-0.4, -0.2) is 55.5 Å². The van der Waals surface area contributed by atoms with Crippen molar-refractivity contribution in [3.05, 3.63) is 58.7 Å². The quantitative estimate of drug-likeness (QED) is 0.608. The van der Waals surface area contributed by atoms with Crippen molar-refractivity contribution in [3.8, 4) is 5.75 Å². The van der Waals surface area contributed by atoms with E-state index in [1.807, 2.05) is 19.1 Å². The van der Waals surface area contributed by atoms with Gasteiger partial charge in [0.05, 0.1) is 16.5 Å². The molecule has 2 aromatic rings. The van der Waals surface area contributed by atoms with Crippen LogP contribution in [0.4, 0.5) is 0 Å². The highest BCUT2D eigenvalue weighted by molar-refractivity contribution is 7.89. The fourth-order valence-electron chi connectivity index (χ4n) is 4.42. The van der Waals surface area contributed by atoms with Crippen LogP contribution < -0.4 is 9.46 Å². The number of amides is 1. The summed E-state index contributed by atoms with van der Waals surface area (Å²) in [5, 5.41) is 9.01. The molecule has 33 heavy (non-hydrogen) atoms. The maximum absolute atomic E-state index is 13.2. The summed E-state index contributed by atoms with van der Waals surface area (Å²) >= 11 is 0. The molecule has 9 heteroatoms. The molecule has 0 spiro atoms. The number of aryl methyl sites for hydroxylation is 3. The van der Waals surface area contributed by atoms with Crippen molar-refractivity contribution >= 4 is 21.9 Å². The zero-order chi connectivity index (χ0) is 24.3. The third-order valence-corrected chi connectivity index (χ3v) is 7.60. The lowest BCUT2D eigenvalue weighted by Crippen LogP contribution is -2.40. The Bertz CT molecular complexity index is 1120. The standard InChI is InChI=1S/C24H30N2O6S/c1-5-22(27)26-13-19(25-33(30,31)23-16(3)10-15(2)11-17(23)4)12-20(26)14-32-21-8-6-18(7-9-21)24(28)29/h6-11,19-20,25H,5,12-14H2,1-4H3,(H,28,29)/t19-,20-/m0/s1. The molecule has 0 saturated carbocycles. The molecule has 1 aliphatic heterocycles. The van der Waals surface area contributed by atoms with E-state index in [0.717, 1.165) is 5.56 Å². The van der Waals surface area contributed by atoms with Gasteiger partial charge in [-0.15, -0.1) is 0 Å². The van der Waals surface area contributed by atoms with Crippen molar-refractivity contribution in [2.75, 3.05) is 13.2 Å². The molecule has 0 bridgehead atoms. The van der Waals surface area contributed by atoms with Crippen LogP contribution in [0.5, 0.6) is 5.75 Å². The second kappa shape index (κ2) is 9.93. The molecule has 2 N–H and O–H groups in total. The van der Waals surface area contributed by atoms with Crippen LogP contribution in [0.1, 0.15) is 46.8 Å². The summed E-state index contributed by atoms with van der Waals surface area (Å²) < 4.78 is 34.9. The molecule has 0 aliphatic carbocycles. The Labute approximate surface area is 194 Å². The van der Waals surface area contributed by atoms with Gasteiger partial charge in [0.2, 0.25) is 15.9 Å². The lowest BCUT2D eigenvalue weighted by atomic mass is 10.1. The summed E-state index contributed by atoms with van der Waals surface area (Å²) in [7, 11) is -3.77. The Balaban J connectivity index is 1.73. The van der Waals surface area contributed by atoms with E-state index >= 15 is 0 Å². The minimum Gasteiger partial charge on any atom is -0.491 e. The molecule has 1 amide bonds. The Morgan fingerprint density at radius 3 is 2.27 bits per heavy atom. The first-order valence-electron chi connectivity index (χ1n) is 10.9. The Hall–Kier alpha value is -2.91. The number of likely N-dealkylation sites (tertiary alicyclic amines) is 1. The van der Waals surface area contributed by atoms with Crippen LogP contribution in [0, 0.1) is 20.8 Å². The number of nitrogens with zero attached hydrogens (tertiary/aromatic N) is 1. The fourth-order valence-corrected chi connectivity index (χ4v) is 6.12. The number of carboxylic acid groups (broad SMARTS) is 1. The molecule has 1 saturated heterocycles. The van der Waals surface area contributed by atoms with Crippen molar-refractivity contribution < 1.29 is 27.9 Å². The van der Waals surface area contributed by atoms with Gasteiger partial charge in [0, 0.05) is 19.0 Å². The van der Waals surface area contributed by atoms with Gasteiger partial charge in [-0.1, -0.05) is 24.6 Å². The highest BCUT2D eigenvalue weighted by atomic mass is 32.2. The highest BCUT2D eigenvalue weighted by Crippen LogP contribution is 2.26. The number of carboxylic acids is 1. The average Bonchev–Trinajstić information content (AvgIpc) is 3.12. The second-order valence-electron chi connectivity index (χ2n) is 8.48. The number of hydrogen-bond donors (Lipinski definition) is 2. The third-order valence-electron chi connectivity index (χ3n) is 5.78. The molecule has 1 aliphatic rings. The van der Waals surface area contributed by atoms with E-state index in [9.17, 15) is 18.0 Å². The number of carbonyl (C=O) groups excluding carboxylic acids is 1. The number of aromatic carboxylic acids is 1. The van der Waals surface area contributed by atoms with E-state index in [-0.39, 0.29) is 35.6 Å². The maximum Gasteiger partial charge on any atom is 0.335 e. The highest BCUT2D eigenvalue weighted by Gasteiger charge is 2.37. The van der Waals surface area contributed by atoms with Crippen LogP contribution in [0.3, 0.4) is 0 Å². The van der Waals surface area contributed by atoms with Gasteiger partial charge in [-0.25, -0.2) is 17.9 Å². The van der Waals surface area contributed by atoms with Gasteiger partial charge in [0.15, 0.2) is 0 Å². The van der Waals surface area contributed by atoms with Crippen molar-refractivity contribution in [2.45, 2.75) is 57.5 Å². The number of carbonyl (C=O) groups is 2. The third kappa shape index (κ3) is 5.72. The monoisotopic (exact) mass is 474 g/mol. The molecule has 2 aromatic carbocycles. The summed E-state index contributed by atoms with van der Waals surface area (Å²) in [5.41, 5.74) is 2.52. The summed E-state index contributed by atoms with van der Waals surface area (Å²) in [6, 6.07) is 8.97. The molecule has 1 fully saturated rings. The number of ether oxygens (including phenoxy) is 1. The van der Waals surface area contributed by atoms with Crippen molar-refractivity contribution in [2.24, 2.45) is 0 Å². The van der Waals surface area contributed by atoms with E-state index in [1.54, 1.807) is 37.8 Å². The van der Waals surface area contributed by atoms with Crippen LogP contribution >= 0.6 is 0 Å². The van der Waals surface area contributed by atoms with E-state index in [4.69, 9.17) is 9.84 Å². The summed E-state index contributed by atoms with van der Waals surface area (Å²) in [6.45, 7) is 7.70. The molecule has 2 atom stereocenters. The summed E-state index contributed by atoms with van der Waals surface area (Å²) in [4.78, 5) is 25.4. The van der Waals surface area contributed by atoms with Gasteiger partial charge < -0.3 is 14.7 Å². The minimum atomic E-state index is -3.77. The summed E-state index contributed by atoms with van der Waals surface area (Å²) in [5.74, 6) is -0.612. The van der Waals surface area contributed by atoms with Crippen LogP contribution in [0.15, 0.2) is 41.3 Å². The van der Waals surface area contributed by atoms with Gasteiger partial charge in [-0.05, 0) is 62.6 Å². The number of rotatable bonds is 8. The number of sulfonamides is 1. The first kappa shape index (κ1) is 24.7. The SMILES string of the molecule is CCC(=O)N1C[C@@H](NS(=O)(=O)c2c(C)cc(C)cc2C)C[C@H]1COc1ccc(C(=O)O)cc1. The van der Waals surface area contributed by atoms with Crippen molar-refractivity contribution in [1.82, 2.24) is 9.62 Å². The minimum absolute atomic E-state index is 0.0748. The van der Waals surface area contributed by atoms with E-state index < -0.39 is 22.0 Å². The van der Waals surface area contributed by atoms with Gasteiger partial charge in [-0.3, -0.25) is 4.79 Å². The molecule has 3 rings (SSSR count). The van der Waals surface area contributed by atoms with Gasteiger partial charge >= 0.3 is 5.97 Å². The van der Waals surface area contributed by atoms with Crippen molar-refractivity contribution in [1.29, 1.82) is 0 Å². The fraction of sp³-hybridized carbons (Fsp3) is 0.417. The Morgan fingerprint density at radius 1 is 1.12 bits per heavy atom. The second-order valence-corrected chi connectivity index (χ2v) is 10.1. The van der Waals surface area contributed by atoms with E-state index in [2.05, 4.69) is 4.72 Å². The Morgan fingerprint density at radius 2 is 1.73 bits per heavy atom. The van der Waals surface area contributed by atoms with Gasteiger partial charge in [0.1, 0.15) is 12.4 Å². The number of nitrogens with one attached hydrogen (secondary N) is 1. The molecular formula is C24H30N2O6S. The molecule has 0 radical (unpaired) electrons. The topological polar surface area (TPSA) is 113 Å².